The van der Waals surface area contributed by atoms with E-state index in [2.05, 4.69) is 31.6 Å². The molecule has 0 saturated carbocycles. The summed E-state index contributed by atoms with van der Waals surface area (Å²) in [4.78, 5) is 4.88. The van der Waals surface area contributed by atoms with E-state index in [4.69, 9.17) is 0 Å². The van der Waals surface area contributed by atoms with E-state index in [1.54, 1.807) is 0 Å². The molecule has 2 aliphatic heterocycles. The summed E-state index contributed by atoms with van der Waals surface area (Å²) in [5.41, 5.74) is 0. The molecule has 0 radical (unpaired) electrons. The summed E-state index contributed by atoms with van der Waals surface area (Å²) in [5.74, 6) is 2.28. The van der Waals surface area contributed by atoms with Gasteiger partial charge in [-0.1, -0.05) is 0 Å². The zero-order valence-corrected chi connectivity index (χ0v) is 12.3. The number of piperazine rings is 1. The lowest BCUT2D eigenvalue weighted by atomic mass is 10.00. The molecule has 1 aromatic rings. The smallest absolute Gasteiger partial charge is 0.138 e. The average Bonchev–Trinajstić information content (AvgIpc) is 2.90. The molecular weight excluding hydrogens is 254 g/mol. The third-order valence-corrected chi connectivity index (χ3v) is 4.62. The largest absolute Gasteiger partial charge is 0.396 e. The molecule has 1 N–H and O–H groups in total. The Kier molecular flexibility index (Phi) is 4.33. The molecule has 0 aromatic carbocycles. The first-order valence-corrected chi connectivity index (χ1v) is 7.71. The number of nitrogens with zero attached hydrogens (tertiary/aromatic N) is 5. The van der Waals surface area contributed by atoms with Crippen molar-refractivity contribution < 1.29 is 5.11 Å². The molecule has 1 unspecified atom stereocenters. The van der Waals surface area contributed by atoms with Crippen LogP contribution in [0.3, 0.4) is 0 Å². The average molecular weight is 279 g/mol. The van der Waals surface area contributed by atoms with Gasteiger partial charge >= 0.3 is 0 Å². The van der Waals surface area contributed by atoms with Crippen LogP contribution in [0.4, 0.5) is 0 Å². The number of likely N-dealkylation sites (N-methyl/N-ethyl adjacent to an activating group) is 1. The SMILES string of the molecule is CN1CCN(CCc2nnc3n2CCCC3CO)CC1. The molecule has 6 nitrogen and oxygen atoms in total. The Morgan fingerprint density at radius 2 is 1.95 bits per heavy atom. The standard InChI is InChI=1S/C14H25N5O/c1-17-7-9-18(10-8-17)6-4-13-15-16-14-12(11-20)3-2-5-19(13)14/h12,20H,2-11H2,1H3. The molecule has 3 rings (SSSR count). The third kappa shape index (κ3) is 2.87. The predicted octanol–water partition coefficient (Wildman–Crippen LogP) is -0.0623. The van der Waals surface area contributed by atoms with E-state index in [0.29, 0.717) is 0 Å². The van der Waals surface area contributed by atoms with Crippen molar-refractivity contribution in [3.05, 3.63) is 11.6 Å². The number of hydrogen-bond acceptors (Lipinski definition) is 5. The molecule has 0 aliphatic carbocycles. The second kappa shape index (κ2) is 6.20. The first-order valence-electron chi connectivity index (χ1n) is 7.71. The van der Waals surface area contributed by atoms with Crippen LogP contribution in [-0.2, 0) is 13.0 Å². The van der Waals surface area contributed by atoms with Crippen molar-refractivity contribution in [2.75, 3.05) is 46.4 Å². The summed E-state index contributed by atoms with van der Waals surface area (Å²) in [6, 6.07) is 0. The fraction of sp³-hybridized carbons (Fsp3) is 0.857. The van der Waals surface area contributed by atoms with Crippen molar-refractivity contribution in [3.63, 3.8) is 0 Å². The van der Waals surface area contributed by atoms with Gasteiger partial charge in [-0.2, -0.15) is 0 Å². The molecule has 0 bridgehead atoms. The van der Waals surface area contributed by atoms with Gasteiger partial charge in [-0.25, -0.2) is 0 Å². The Balaban J connectivity index is 1.60. The number of rotatable bonds is 4. The quantitative estimate of drug-likeness (QED) is 0.836. The fourth-order valence-corrected chi connectivity index (χ4v) is 3.21. The molecule has 112 valence electrons. The van der Waals surface area contributed by atoms with Crippen LogP contribution in [0, 0.1) is 0 Å². The topological polar surface area (TPSA) is 57.4 Å². The maximum absolute atomic E-state index is 9.41. The molecule has 0 spiro atoms. The fourth-order valence-electron chi connectivity index (χ4n) is 3.21. The second-order valence-corrected chi connectivity index (χ2v) is 6.04. The van der Waals surface area contributed by atoms with Crippen LogP contribution in [0.5, 0.6) is 0 Å². The van der Waals surface area contributed by atoms with Crippen LogP contribution >= 0.6 is 0 Å². The minimum atomic E-state index is 0.189. The lowest BCUT2D eigenvalue weighted by molar-refractivity contribution is 0.154. The van der Waals surface area contributed by atoms with Crippen molar-refractivity contribution >= 4 is 0 Å². The van der Waals surface area contributed by atoms with E-state index in [-0.39, 0.29) is 12.5 Å². The van der Waals surface area contributed by atoms with Crippen LogP contribution in [-0.4, -0.2) is 76.0 Å². The van der Waals surface area contributed by atoms with E-state index in [1.807, 2.05) is 0 Å². The molecule has 0 amide bonds. The molecule has 2 aliphatic rings. The highest BCUT2D eigenvalue weighted by molar-refractivity contribution is 5.05. The zero-order chi connectivity index (χ0) is 13.9. The lowest BCUT2D eigenvalue weighted by Gasteiger charge is -2.32. The van der Waals surface area contributed by atoms with Gasteiger partial charge in [0.1, 0.15) is 11.6 Å². The molecular formula is C14H25N5O. The molecule has 20 heavy (non-hydrogen) atoms. The molecule has 1 saturated heterocycles. The van der Waals surface area contributed by atoms with Gasteiger partial charge < -0.3 is 19.5 Å². The van der Waals surface area contributed by atoms with Crippen LogP contribution < -0.4 is 0 Å². The van der Waals surface area contributed by atoms with Gasteiger partial charge in [0.05, 0.1) is 6.61 Å². The van der Waals surface area contributed by atoms with Crippen molar-refractivity contribution in [1.29, 1.82) is 0 Å². The van der Waals surface area contributed by atoms with E-state index in [0.717, 1.165) is 70.2 Å². The highest BCUT2D eigenvalue weighted by Gasteiger charge is 2.24. The number of fused-ring (bicyclic) bond motifs is 1. The van der Waals surface area contributed by atoms with E-state index >= 15 is 0 Å². The molecule has 1 fully saturated rings. The number of aliphatic hydroxyl groups excluding tert-OH is 1. The summed E-state index contributed by atoms with van der Waals surface area (Å²) in [5, 5.41) is 18.1. The Morgan fingerprint density at radius 3 is 2.70 bits per heavy atom. The highest BCUT2D eigenvalue weighted by Crippen LogP contribution is 2.25. The van der Waals surface area contributed by atoms with Crippen LogP contribution in [0.15, 0.2) is 0 Å². The Labute approximate surface area is 120 Å². The zero-order valence-electron chi connectivity index (χ0n) is 12.3. The first kappa shape index (κ1) is 14.0. The molecule has 1 aromatic heterocycles. The van der Waals surface area contributed by atoms with Gasteiger partial charge in [0.25, 0.3) is 0 Å². The van der Waals surface area contributed by atoms with Crippen molar-refractivity contribution in [1.82, 2.24) is 24.6 Å². The summed E-state index contributed by atoms with van der Waals surface area (Å²) in [7, 11) is 2.18. The summed E-state index contributed by atoms with van der Waals surface area (Å²) in [6.45, 7) is 6.88. The van der Waals surface area contributed by atoms with Crippen molar-refractivity contribution in [3.8, 4) is 0 Å². The molecule has 3 heterocycles. The second-order valence-electron chi connectivity index (χ2n) is 6.04. The predicted molar refractivity (Wildman–Crippen MR) is 76.7 cm³/mol. The monoisotopic (exact) mass is 279 g/mol. The number of aliphatic hydroxyl groups is 1. The summed E-state index contributed by atoms with van der Waals surface area (Å²) < 4.78 is 2.24. The number of hydrogen-bond donors (Lipinski definition) is 1. The first-order chi connectivity index (χ1) is 9.78. The molecule has 6 heteroatoms. The van der Waals surface area contributed by atoms with Crippen LogP contribution in [0.1, 0.15) is 30.4 Å². The lowest BCUT2D eigenvalue weighted by Crippen LogP contribution is -2.45. The van der Waals surface area contributed by atoms with Gasteiger partial charge in [0.2, 0.25) is 0 Å². The van der Waals surface area contributed by atoms with Crippen molar-refractivity contribution in [2.45, 2.75) is 31.7 Å². The van der Waals surface area contributed by atoms with Gasteiger partial charge in [-0.3, -0.25) is 0 Å². The van der Waals surface area contributed by atoms with Crippen molar-refractivity contribution in [2.24, 2.45) is 0 Å². The van der Waals surface area contributed by atoms with Gasteiger partial charge in [0.15, 0.2) is 0 Å². The molecule has 1 atom stereocenters. The third-order valence-electron chi connectivity index (χ3n) is 4.62. The Morgan fingerprint density at radius 1 is 1.15 bits per heavy atom. The summed E-state index contributed by atoms with van der Waals surface area (Å²) >= 11 is 0. The minimum Gasteiger partial charge on any atom is -0.396 e. The van der Waals surface area contributed by atoms with E-state index in [9.17, 15) is 5.11 Å². The van der Waals surface area contributed by atoms with Gasteiger partial charge in [0, 0.05) is 51.6 Å². The Bertz CT molecular complexity index is 439. The maximum atomic E-state index is 9.41. The van der Waals surface area contributed by atoms with Crippen LogP contribution in [0.25, 0.3) is 0 Å². The normalized spacial score (nSPS) is 24.8. The minimum absolute atomic E-state index is 0.189. The maximum Gasteiger partial charge on any atom is 0.138 e. The van der Waals surface area contributed by atoms with Gasteiger partial charge in [-0.05, 0) is 19.9 Å². The highest BCUT2D eigenvalue weighted by atomic mass is 16.3. The van der Waals surface area contributed by atoms with E-state index in [1.165, 1.54) is 0 Å². The van der Waals surface area contributed by atoms with E-state index < -0.39 is 0 Å². The Hall–Kier alpha value is -0.980. The summed E-state index contributed by atoms with van der Waals surface area (Å²) in [6.07, 6.45) is 3.12. The van der Waals surface area contributed by atoms with Gasteiger partial charge in [-0.15, -0.1) is 10.2 Å². The van der Waals surface area contributed by atoms with Crippen LogP contribution in [0.2, 0.25) is 0 Å². The number of aromatic nitrogens is 3.